The second kappa shape index (κ2) is 8.55. The van der Waals surface area contributed by atoms with Gasteiger partial charge < -0.3 is 5.11 Å². The Labute approximate surface area is 83.5 Å². The first-order chi connectivity index (χ1) is 6.20. The highest BCUT2D eigenvalue weighted by atomic mass is 16.2. The van der Waals surface area contributed by atoms with Crippen molar-refractivity contribution in [1.82, 2.24) is 0 Å². The SMILES string of the molecule is CCC(C)CCCC(C)CCCO. The molecule has 0 aromatic heterocycles. The molecular weight excluding hydrogens is 160 g/mol. The molecule has 2 unspecified atom stereocenters. The normalized spacial score (nSPS) is 15.7. The number of rotatable bonds is 8. The first kappa shape index (κ1) is 13.0. The van der Waals surface area contributed by atoms with Gasteiger partial charge in [-0.05, 0) is 24.7 Å². The van der Waals surface area contributed by atoms with Crippen molar-refractivity contribution in [2.75, 3.05) is 6.61 Å². The topological polar surface area (TPSA) is 20.2 Å². The summed E-state index contributed by atoms with van der Waals surface area (Å²) in [5.74, 6) is 1.70. The van der Waals surface area contributed by atoms with E-state index in [2.05, 4.69) is 20.8 Å². The fraction of sp³-hybridized carbons (Fsp3) is 1.00. The van der Waals surface area contributed by atoms with Crippen LogP contribution in [0, 0.1) is 11.8 Å². The van der Waals surface area contributed by atoms with Gasteiger partial charge in [-0.15, -0.1) is 0 Å². The van der Waals surface area contributed by atoms with E-state index in [4.69, 9.17) is 5.11 Å². The van der Waals surface area contributed by atoms with Gasteiger partial charge in [0.25, 0.3) is 0 Å². The second-order valence-electron chi connectivity index (χ2n) is 4.42. The Kier molecular flexibility index (Phi) is 8.53. The third kappa shape index (κ3) is 8.29. The lowest BCUT2D eigenvalue weighted by Crippen LogP contribution is -1.99. The third-order valence-electron chi connectivity index (χ3n) is 2.95. The monoisotopic (exact) mass is 186 g/mol. The van der Waals surface area contributed by atoms with E-state index in [0.29, 0.717) is 6.61 Å². The molecule has 0 bridgehead atoms. The summed E-state index contributed by atoms with van der Waals surface area (Å²) >= 11 is 0. The molecule has 2 atom stereocenters. The highest BCUT2D eigenvalue weighted by molar-refractivity contribution is 4.56. The van der Waals surface area contributed by atoms with Crippen LogP contribution < -0.4 is 0 Å². The van der Waals surface area contributed by atoms with Gasteiger partial charge in [0.1, 0.15) is 0 Å². The van der Waals surface area contributed by atoms with Gasteiger partial charge in [0.15, 0.2) is 0 Å². The second-order valence-corrected chi connectivity index (χ2v) is 4.42. The lowest BCUT2D eigenvalue weighted by molar-refractivity contribution is 0.270. The van der Waals surface area contributed by atoms with Crippen LogP contribution in [-0.4, -0.2) is 11.7 Å². The smallest absolute Gasteiger partial charge is 0.0431 e. The molecule has 0 fully saturated rings. The van der Waals surface area contributed by atoms with Crippen LogP contribution in [0.4, 0.5) is 0 Å². The van der Waals surface area contributed by atoms with E-state index in [1.165, 1.54) is 32.1 Å². The minimum atomic E-state index is 0.357. The lowest BCUT2D eigenvalue weighted by atomic mass is 9.95. The minimum absolute atomic E-state index is 0.357. The maximum Gasteiger partial charge on any atom is 0.0431 e. The van der Waals surface area contributed by atoms with Gasteiger partial charge in [-0.3, -0.25) is 0 Å². The van der Waals surface area contributed by atoms with Crippen molar-refractivity contribution >= 4 is 0 Å². The van der Waals surface area contributed by atoms with Gasteiger partial charge in [-0.1, -0.05) is 46.5 Å². The zero-order valence-electron chi connectivity index (χ0n) is 9.55. The van der Waals surface area contributed by atoms with E-state index in [0.717, 1.165) is 18.3 Å². The molecule has 0 aromatic rings. The van der Waals surface area contributed by atoms with Crippen molar-refractivity contribution in [2.24, 2.45) is 11.8 Å². The molecule has 0 radical (unpaired) electrons. The Balaban J connectivity index is 3.21. The van der Waals surface area contributed by atoms with Crippen molar-refractivity contribution in [3.63, 3.8) is 0 Å². The maximum absolute atomic E-state index is 8.67. The molecule has 0 aliphatic heterocycles. The Bertz CT molecular complexity index is 101. The summed E-state index contributed by atoms with van der Waals surface area (Å²) < 4.78 is 0. The lowest BCUT2D eigenvalue weighted by Gasteiger charge is -2.12. The van der Waals surface area contributed by atoms with Crippen LogP contribution in [0.5, 0.6) is 0 Å². The Morgan fingerprint density at radius 1 is 0.923 bits per heavy atom. The van der Waals surface area contributed by atoms with Crippen molar-refractivity contribution in [3.05, 3.63) is 0 Å². The molecule has 0 aromatic carbocycles. The van der Waals surface area contributed by atoms with Gasteiger partial charge in [0.05, 0.1) is 0 Å². The highest BCUT2D eigenvalue weighted by Crippen LogP contribution is 2.17. The van der Waals surface area contributed by atoms with Crippen molar-refractivity contribution in [1.29, 1.82) is 0 Å². The summed E-state index contributed by atoms with van der Waals surface area (Å²) in [4.78, 5) is 0. The van der Waals surface area contributed by atoms with E-state index in [1.807, 2.05) is 0 Å². The first-order valence-electron chi connectivity index (χ1n) is 5.81. The van der Waals surface area contributed by atoms with Gasteiger partial charge in [0, 0.05) is 6.61 Å². The van der Waals surface area contributed by atoms with Crippen molar-refractivity contribution in [2.45, 2.75) is 59.3 Å². The Hall–Kier alpha value is -0.0400. The fourth-order valence-corrected chi connectivity index (χ4v) is 1.60. The number of aliphatic hydroxyl groups excluding tert-OH is 1. The zero-order chi connectivity index (χ0) is 10.1. The van der Waals surface area contributed by atoms with Gasteiger partial charge in [0.2, 0.25) is 0 Å². The molecule has 13 heavy (non-hydrogen) atoms. The number of aliphatic hydroxyl groups is 1. The molecule has 0 spiro atoms. The molecule has 0 saturated carbocycles. The minimum Gasteiger partial charge on any atom is -0.396 e. The van der Waals surface area contributed by atoms with E-state index in [1.54, 1.807) is 0 Å². The molecule has 0 rings (SSSR count). The highest BCUT2D eigenvalue weighted by Gasteiger charge is 2.03. The third-order valence-corrected chi connectivity index (χ3v) is 2.95. The van der Waals surface area contributed by atoms with Gasteiger partial charge in [-0.25, -0.2) is 0 Å². The summed E-state index contributed by atoms with van der Waals surface area (Å²) in [5, 5.41) is 8.67. The fourth-order valence-electron chi connectivity index (χ4n) is 1.60. The van der Waals surface area contributed by atoms with E-state index in [9.17, 15) is 0 Å². The summed E-state index contributed by atoms with van der Waals surface area (Å²) in [6, 6.07) is 0. The van der Waals surface area contributed by atoms with Crippen molar-refractivity contribution in [3.8, 4) is 0 Å². The number of hydrogen-bond donors (Lipinski definition) is 1. The largest absolute Gasteiger partial charge is 0.396 e. The van der Waals surface area contributed by atoms with Gasteiger partial charge >= 0.3 is 0 Å². The molecule has 0 heterocycles. The molecule has 1 nitrogen and oxygen atoms in total. The van der Waals surface area contributed by atoms with E-state index >= 15 is 0 Å². The van der Waals surface area contributed by atoms with E-state index in [-0.39, 0.29) is 0 Å². The van der Waals surface area contributed by atoms with Gasteiger partial charge in [-0.2, -0.15) is 0 Å². The molecule has 1 heteroatoms. The first-order valence-corrected chi connectivity index (χ1v) is 5.81. The predicted octanol–water partition coefficient (Wildman–Crippen LogP) is 3.61. The molecule has 0 saturated heterocycles. The average molecular weight is 186 g/mol. The standard InChI is InChI=1S/C12H26O/c1-4-11(2)7-5-8-12(3)9-6-10-13/h11-13H,4-10H2,1-3H3. The quantitative estimate of drug-likeness (QED) is 0.614. The van der Waals surface area contributed by atoms with Crippen LogP contribution in [0.15, 0.2) is 0 Å². The predicted molar refractivity (Wildman–Crippen MR) is 58.8 cm³/mol. The van der Waals surface area contributed by atoms with Crippen LogP contribution in [0.2, 0.25) is 0 Å². The Morgan fingerprint density at radius 3 is 2.00 bits per heavy atom. The van der Waals surface area contributed by atoms with Crippen LogP contribution in [-0.2, 0) is 0 Å². The molecule has 1 N–H and O–H groups in total. The molecule has 0 aliphatic rings. The zero-order valence-corrected chi connectivity index (χ0v) is 9.55. The molecule has 0 aliphatic carbocycles. The van der Waals surface area contributed by atoms with E-state index < -0.39 is 0 Å². The average Bonchev–Trinajstić information content (AvgIpc) is 2.14. The van der Waals surface area contributed by atoms with Crippen LogP contribution in [0.25, 0.3) is 0 Å². The summed E-state index contributed by atoms with van der Waals surface area (Å²) in [6.07, 6.45) is 7.55. The Morgan fingerprint density at radius 2 is 1.46 bits per heavy atom. The number of hydrogen-bond acceptors (Lipinski definition) is 1. The summed E-state index contributed by atoms with van der Waals surface area (Å²) in [6.45, 7) is 7.25. The van der Waals surface area contributed by atoms with Crippen LogP contribution >= 0.6 is 0 Å². The molecular formula is C12H26O. The van der Waals surface area contributed by atoms with Crippen LogP contribution in [0.3, 0.4) is 0 Å². The van der Waals surface area contributed by atoms with Crippen LogP contribution in [0.1, 0.15) is 59.3 Å². The summed E-state index contributed by atoms with van der Waals surface area (Å²) in [7, 11) is 0. The maximum atomic E-state index is 8.67. The molecule has 80 valence electrons. The summed E-state index contributed by atoms with van der Waals surface area (Å²) in [5.41, 5.74) is 0. The molecule has 0 amide bonds. The van der Waals surface area contributed by atoms with Crippen molar-refractivity contribution < 1.29 is 5.11 Å².